The Labute approximate surface area is 232 Å². The van der Waals surface area contributed by atoms with Crippen LogP contribution < -0.4 is 10.2 Å². The standard InChI is InChI=1S/C29H30FN5O4S/c30-21-15-20(16-32-17-21)28-33-25(19-5-7-22(8-6-19)35-11-13-40(37,38)14-12-35)26(39-28)23-3-1-2-4-24(23)27(36)34-29(18-31)9-10-29/h5-8,15-17,23-24H,1-4,9-14H2,(H,34,36). The van der Waals surface area contributed by atoms with E-state index in [-0.39, 0.29) is 35.1 Å². The zero-order valence-electron chi connectivity index (χ0n) is 22.0. The first-order valence-corrected chi connectivity index (χ1v) is 15.5. The molecular formula is C29H30FN5O4S. The summed E-state index contributed by atoms with van der Waals surface area (Å²) in [5.41, 5.74) is 1.92. The first-order chi connectivity index (χ1) is 19.3. The number of carbonyl (C=O) groups is 1. The fraction of sp³-hybridized carbons (Fsp3) is 0.448. The van der Waals surface area contributed by atoms with E-state index in [1.165, 1.54) is 12.3 Å². The molecule has 1 amide bonds. The van der Waals surface area contributed by atoms with Crippen LogP contribution in [0.25, 0.3) is 22.7 Å². The van der Waals surface area contributed by atoms with E-state index in [1.54, 1.807) is 0 Å². The summed E-state index contributed by atoms with van der Waals surface area (Å²) >= 11 is 0. The Balaban J connectivity index is 1.35. The number of nitrogens with one attached hydrogen (secondary N) is 1. The van der Waals surface area contributed by atoms with Gasteiger partial charge < -0.3 is 14.6 Å². The lowest BCUT2D eigenvalue weighted by molar-refractivity contribution is -0.127. The number of nitrogens with zero attached hydrogens (tertiary/aromatic N) is 4. The van der Waals surface area contributed by atoms with Crippen molar-refractivity contribution in [2.75, 3.05) is 29.5 Å². The lowest BCUT2D eigenvalue weighted by Crippen LogP contribution is -2.42. The molecule has 40 heavy (non-hydrogen) atoms. The number of anilines is 1. The van der Waals surface area contributed by atoms with Crippen LogP contribution in [0.1, 0.15) is 50.2 Å². The van der Waals surface area contributed by atoms with Crippen LogP contribution >= 0.6 is 0 Å². The molecule has 3 heterocycles. The van der Waals surface area contributed by atoms with Crippen LogP contribution in [-0.4, -0.2) is 54.4 Å². The molecule has 0 spiro atoms. The van der Waals surface area contributed by atoms with Crippen molar-refractivity contribution in [3.63, 3.8) is 0 Å². The molecule has 1 aliphatic heterocycles. The van der Waals surface area contributed by atoms with Crippen molar-refractivity contribution in [1.82, 2.24) is 15.3 Å². The fourth-order valence-corrected chi connectivity index (χ4v) is 6.92. The number of rotatable bonds is 6. The molecule has 1 aromatic carbocycles. The molecule has 1 N–H and O–H groups in total. The molecule has 2 aliphatic carbocycles. The van der Waals surface area contributed by atoms with Gasteiger partial charge in [-0.15, -0.1) is 0 Å². The van der Waals surface area contributed by atoms with Gasteiger partial charge in [0.15, 0.2) is 9.84 Å². The van der Waals surface area contributed by atoms with Gasteiger partial charge in [0.2, 0.25) is 11.8 Å². The van der Waals surface area contributed by atoms with Gasteiger partial charge in [0.05, 0.1) is 29.3 Å². The number of carbonyl (C=O) groups excluding carboxylic acids is 1. The number of pyridine rings is 1. The van der Waals surface area contributed by atoms with Crippen LogP contribution in [0.5, 0.6) is 0 Å². The van der Waals surface area contributed by atoms with E-state index in [2.05, 4.69) is 16.4 Å². The van der Waals surface area contributed by atoms with Gasteiger partial charge in [-0.05, 0) is 43.9 Å². The van der Waals surface area contributed by atoms with Gasteiger partial charge in [0.1, 0.15) is 22.8 Å². The summed E-state index contributed by atoms with van der Waals surface area (Å²) < 4.78 is 44.0. The Morgan fingerprint density at radius 2 is 1.82 bits per heavy atom. The highest BCUT2D eigenvalue weighted by molar-refractivity contribution is 7.91. The molecule has 6 rings (SSSR count). The number of amides is 1. The Morgan fingerprint density at radius 1 is 1.10 bits per heavy atom. The largest absolute Gasteiger partial charge is 0.440 e. The number of hydrogen-bond acceptors (Lipinski definition) is 8. The molecular weight excluding hydrogens is 533 g/mol. The van der Waals surface area contributed by atoms with Crippen molar-refractivity contribution in [1.29, 1.82) is 5.26 Å². The molecule has 0 radical (unpaired) electrons. The third kappa shape index (κ3) is 5.32. The number of hydrogen-bond donors (Lipinski definition) is 1. The van der Waals surface area contributed by atoms with Crippen LogP contribution in [0.3, 0.4) is 0 Å². The first-order valence-electron chi connectivity index (χ1n) is 13.7. The van der Waals surface area contributed by atoms with Gasteiger partial charge in [-0.1, -0.05) is 25.0 Å². The van der Waals surface area contributed by atoms with Gasteiger partial charge in [-0.2, -0.15) is 5.26 Å². The SMILES string of the molecule is N#CC1(NC(=O)C2CCCCC2c2oc(-c3cncc(F)c3)nc2-c2ccc(N3CCS(=O)(=O)CC3)cc2)CC1. The van der Waals surface area contributed by atoms with Gasteiger partial charge in [-0.25, -0.2) is 17.8 Å². The maximum atomic E-state index is 14.0. The molecule has 2 aromatic heterocycles. The number of aromatic nitrogens is 2. The summed E-state index contributed by atoms with van der Waals surface area (Å²) in [5, 5.41) is 12.5. The second kappa shape index (κ2) is 10.3. The smallest absolute Gasteiger partial charge is 0.228 e. The normalized spacial score (nSPS) is 23.2. The van der Waals surface area contributed by atoms with E-state index >= 15 is 0 Å². The molecule has 3 aromatic rings. The molecule has 1 saturated heterocycles. The van der Waals surface area contributed by atoms with Crippen LogP contribution in [0.2, 0.25) is 0 Å². The quantitative estimate of drug-likeness (QED) is 0.472. The van der Waals surface area contributed by atoms with Gasteiger partial charge >= 0.3 is 0 Å². The molecule has 2 atom stereocenters. The maximum Gasteiger partial charge on any atom is 0.228 e. The number of sulfone groups is 1. The summed E-state index contributed by atoms with van der Waals surface area (Å²) in [7, 11) is -2.99. The summed E-state index contributed by atoms with van der Waals surface area (Å²) in [5.74, 6) is -0.229. The fourth-order valence-electron chi connectivity index (χ4n) is 5.72. The van der Waals surface area contributed by atoms with Crippen LogP contribution in [-0.2, 0) is 14.6 Å². The maximum absolute atomic E-state index is 14.0. The highest BCUT2D eigenvalue weighted by Gasteiger charge is 2.47. The van der Waals surface area contributed by atoms with Gasteiger partial charge in [-0.3, -0.25) is 9.78 Å². The van der Waals surface area contributed by atoms with E-state index in [0.717, 1.165) is 36.7 Å². The van der Waals surface area contributed by atoms with Crippen molar-refractivity contribution in [3.05, 3.63) is 54.3 Å². The molecule has 2 unspecified atom stereocenters. The lowest BCUT2D eigenvalue weighted by atomic mass is 9.76. The average molecular weight is 564 g/mol. The van der Waals surface area contributed by atoms with Crippen LogP contribution in [0.15, 0.2) is 47.1 Å². The Kier molecular flexibility index (Phi) is 6.82. The predicted octanol–water partition coefficient (Wildman–Crippen LogP) is 4.22. The Bertz CT molecular complexity index is 1560. The summed E-state index contributed by atoms with van der Waals surface area (Å²) in [6, 6.07) is 11.3. The molecule has 0 bridgehead atoms. The monoisotopic (exact) mass is 563 g/mol. The number of nitriles is 1. The molecule has 3 fully saturated rings. The van der Waals surface area contributed by atoms with E-state index in [4.69, 9.17) is 9.40 Å². The van der Waals surface area contributed by atoms with Crippen molar-refractivity contribution < 1.29 is 22.0 Å². The molecule has 3 aliphatic rings. The van der Waals surface area contributed by atoms with Crippen molar-refractivity contribution in [3.8, 4) is 28.8 Å². The lowest BCUT2D eigenvalue weighted by Gasteiger charge is -2.30. The number of benzene rings is 1. The average Bonchev–Trinajstić information content (AvgIpc) is 3.59. The number of halogens is 1. The minimum atomic E-state index is -2.99. The number of oxazole rings is 1. The topological polar surface area (TPSA) is 129 Å². The van der Waals surface area contributed by atoms with E-state index in [1.807, 2.05) is 29.2 Å². The summed E-state index contributed by atoms with van der Waals surface area (Å²) in [4.78, 5) is 24.2. The van der Waals surface area contributed by atoms with Crippen molar-refractivity contribution in [2.45, 2.75) is 50.0 Å². The van der Waals surface area contributed by atoms with Crippen molar-refractivity contribution >= 4 is 21.4 Å². The zero-order valence-corrected chi connectivity index (χ0v) is 22.8. The second-order valence-corrected chi connectivity index (χ2v) is 13.3. The van der Waals surface area contributed by atoms with E-state index < -0.39 is 21.2 Å². The zero-order chi connectivity index (χ0) is 27.9. The minimum absolute atomic E-state index is 0.130. The van der Waals surface area contributed by atoms with Crippen molar-refractivity contribution in [2.24, 2.45) is 5.92 Å². The minimum Gasteiger partial charge on any atom is -0.440 e. The predicted molar refractivity (Wildman–Crippen MR) is 146 cm³/mol. The third-order valence-electron chi connectivity index (χ3n) is 8.22. The van der Waals surface area contributed by atoms with Crippen LogP contribution in [0, 0.1) is 23.1 Å². The second-order valence-electron chi connectivity index (χ2n) is 11.0. The molecule has 11 heteroatoms. The van der Waals surface area contributed by atoms with E-state index in [9.17, 15) is 22.9 Å². The molecule has 9 nitrogen and oxygen atoms in total. The molecule has 208 valence electrons. The molecule has 2 saturated carbocycles. The van der Waals surface area contributed by atoms with E-state index in [0.29, 0.717) is 49.4 Å². The van der Waals surface area contributed by atoms with Gasteiger partial charge in [0, 0.05) is 42.4 Å². The highest BCUT2D eigenvalue weighted by Crippen LogP contribution is 2.45. The summed E-state index contributed by atoms with van der Waals surface area (Å²) in [6.07, 6.45) is 7.14. The summed E-state index contributed by atoms with van der Waals surface area (Å²) in [6.45, 7) is 0.882. The Morgan fingerprint density at radius 3 is 2.50 bits per heavy atom. The first kappa shape index (κ1) is 26.4. The Hall–Kier alpha value is -3.78. The van der Waals surface area contributed by atoms with Crippen LogP contribution in [0.4, 0.5) is 10.1 Å². The highest BCUT2D eigenvalue weighted by atomic mass is 32.2. The third-order valence-corrected chi connectivity index (χ3v) is 9.83. The van der Waals surface area contributed by atoms with Gasteiger partial charge in [0.25, 0.3) is 0 Å².